The van der Waals surface area contributed by atoms with Crippen LogP contribution in [0.3, 0.4) is 0 Å². The number of para-hydroxylation sites is 1. The zero-order chi connectivity index (χ0) is 15.7. The Bertz CT molecular complexity index is 807. The average molecular weight is 313 g/mol. The Kier molecular flexibility index (Phi) is 3.79. The number of aryl methyl sites for hydroxylation is 1. The Morgan fingerprint density at radius 3 is 2.50 bits per heavy atom. The minimum atomic E-state index is -3.48. The van der Waals surface area contributed by atoms with Gasteiger partial charge in [-0.3, -0.25) is 4.31 Å². The maximum atomic E-state index is 12.7. The van der Waals surface area contributed by atoms with Crippen molar-refractivity contribution in [2.24, 2.45) is 0 Å². The standard InChI is InChI=1S/C18H19NO2S/c1-14-7-9-16(10-8-14)11-12-22(20,21)19-15(2)13-17-5-3-4-6-18(17)19/h3-12,15H,13H2,1-2H3/b12-11+. The summed E-state index contributed by atoms with van der Waals surface area (Å²) in [6.07, 6.45) is 2.41. The highest BCUT2D eigenvalue weighted by Gasteiger charge is 2.33. The van der Waals surface area contributed by atoms with Crippen LogP contribution in [0, 0.1) is 6.92 Å². The van der Waals surface area contributed by atoms with Crippen LogP contribution in [0.15, 0.2) is 53.9 Å². The summed E-state index contributed by atoms with van der Waals surface area (Å²) in [6, 6.07) is 15.4. The third-order valence-electron chi connectivity index (χ3n) is 3.93. The number of benzene rings is 2. The van der Waals surface area contributed by atoms with Crippen molar-refractivity contribution in [1.82, 2.24) is 0 Å². The molecule has 0 radical (unpaired) electrons. The second kappa shape index (κ2) is 5.61. The second-order valence-corrected chi connectivity index (χ2v) is 7.43. The lowest BCUT2D eigenvalue weighted by molar-refractivity contribution is 0.593. The molecule has 0 bridgehead atoms. The van der Waals surface area contributed by atoms with Crippen molar-refractivity contribution >= 4 is 21.8 Å². The molecule has 2 aromatic carbocycles. The van der Waals surface area contributed by atoms with Crippen LogP contribution in [-0.2, 0) is 16.4 Å². The highest BCUT2D eigenvalue weighted by molar-refractivity contribution is 7.95. The summed E-state index contributed by atoms with van der Waals surface area (Å²) in [6.45, 7) is 3.95. The molecule has 1 heterocycles. The van der Waals surface area contributed by atoms with E-state index in [0.717, 1.165) is 28.8 Å². The number of hydrogen-bond donors (Lipinski definition) is 0. The van der Waals surface area contributed by atoms with Crippen molar-refractivity contribution in [3.8, 4) is 0 Å². The van der Waals surface area contributed by atoms with E-state index in [1.807, 2.05) is 62.4 Å². The Labute approximate surface area is 132 Å². The van der Waals surface area contributed by atoms with E-state index in [4.69, 9.17) is 0 Å². The smallest absolute Gasteiger partial charge is 0.257 e. The molecular formula is C18H19NO2S. The van der Waals surface area contributed by atoms with Crippen molar-refractivity contribution in [2.75, 3.05) is 4.31 Å². The molecule has 0 saturated carbocycles. The third-order valence-corrected chi connectivity index (χ3v) is 5.51. The summed E-state index contributed by atoms with van der Waals surface area (Å²) in [7, 11) is -3.48. The van der Waals surface area contributed by atoms with Crippen molar-refractivity contribution in [3.05, 3.63) is 70.6 Å². The first-order valence-electron chi connectivity index (χ1n) is 7.34. The molecule has 3 nitrogen and oxygen atoms in total. The van der Waals surface area contributed by atoms with E-state index in [2.05, 4.69) is 0 Å². The molecule has 0 spiro atoms. The van der Waals surface area contributed by atoms with Gasteiger partial charge in [-0.05, 0) is 43.5 Å². The molecule has 0 amide bonds. The van der Waals surface area contributed by atoms with Crippen LogP contribution in [0.1, 0.15) is 23.6 Å². The second-order valence-electron chi connectivity index (χ2n) is 5.74. The van der Waals surface area contributed by atoms with Gasteiger partial charge >= 0.3 is 0 Å². The van der Waals surface area contributed by atoms with Crippen LogP contribution in [-0.4, -0.2) is 14.5 Å². The number of hydrogen-bond acceptors (Lipinski definition) is 2. The lowest BCUT2D eigenvalue weighted by Gasteiger charge is -2.22. The first-order valence-corrected chi connectivity index (χ1v) is 8.85. The Balaban J connectivity index is 1.92. The van der Waals surface area contributed by atoms with E-state index >= 15 is 0 Å². The maximum absolute atomic E-state index is 12.7. The van der Waals surface area contributed by atoms with Crippen molar-refractivity contribution in [3.63, 3.8) is 0 Å². The zero-order valence-corrected chi connectivity index (χ0v) is 13.5. The van der Waals surface area contributed by atoms with E-state index in [1.54, 1.807) is 6.08 Å². The molecule has 1 atom stereocenters. The van der Waals surface area contributed by atoms with Gasteiger partial charge in [0.15, 0.2) is 0 Å². The van der Waals surface area contributed by atoms with Crippen molar-refractivity contribution in [1.29, 1.82) is 0 Å². The van der Waals surface area contributed by atoms with Gasteiger partial charge in [-0.1, -0.05) is 48.0 Å². The first kappa shape index (κ1) is 14.9. The van der Waals surface area contributed by atoms with Crippen LogP contribution in [0.5, 0.6) is 0 Å². The molecule has 3 rings (SSSR count). The summed E-state index contributed by atoms with van der Waals surface area (Å²) in [5, 5.41) is 1.30. The van der Waals surface area contributed by atoms with Crippen LogP contribution in [0.2, 0.25) is 0 Å². The minimum Gasteiger partial charge on any atom is -0.263 e. The average Bonchev–Trinajstić information content (AvgIpc) is 2.83. The molecule has 1 aliphatic rings. The molecular weight excluding hydrogens is 294 g/mol. The van der Waals surface area contributed by atoms with Gasteiger partial charge in [-0.25, -0.2) is 8.42 Å². The Morgan fingerprint density at radius 1 is 1.09 bits per heavy atom. The molecule has 0 aromatic heterocycles. The summed E-state index contributed by atoms with van der Waals surface area (Å²) in [5.41, 5.74) is 3.92. The fourth-order valence-electron chi connectivity index (χ4n) is 2.83. The summed E-state index contributed by atoms with van der Waals surface area (Å²) < 4.78 is 26.9. The van der Waals surface area contributed by atoms with Crippen molar-refractivity contribution < 1.29 is 8.42 Å². The van der Waals surface area contributed by atoms with Gasteiger partial charge < -0.3 is 0 Å². The third kappa shape index (κ3) is 2.79. The van der Waals surface area contributed by atoms with Gasteiger partial charge in [0.1, 0.15) is 0 Å². The van der Waals surface area contributed by atoms with E-state index in [9.17, 15) is 8.42 Å². The van der Waals surface area contributed by atoms with Crippen LogP contribution in [0.25, 0.3) is 6.08 Å². The minimum absolute atomic E-state index is 0.0509. The first-order chi connectivity index (χ1) is 10.5. The fraction of sp³-hybridized carbons (Fsp3) is 0.222. The van der Waals surface area contributed by atoms with Crippen molar-refractivity contribution in [2.45, 2.75) is 26.3 Å². The number of anilines is 1. The maximum Gasteiger partial charge on any atom is 0.257 e. The van der Waals surface area contributed by atoms with Gasteiger partial charge in [0.25, 0.3) is 10.0 Å². The number of nitrogens with zero attached hydrogens (tertiary/aromatic N) is 1. The van der Waals surface area contributed by atoms with Gasteiger partial charge in [-0.15, -0.1) is 0 Å². The molecule has 22 heavy (non-hydrogen) atoms. The summed E-state index contributed by atoms with van der Waals surface area (Å²) in [5.74, 6) is 0. The monoisotopic (exact) mass is 313 g/mol. The number of rotatable bonds is 3. The van der Waals surface area contributed by atoms with Gasteiger partial charge in [0, 0.05) is 6.04 Å². The topological polar surface area (TPSA) is 37.4 Å². The molecule has 0 aliphatic carbocycles. The highest BCUT2D eigenvalue weighted by Crippen LogP contribution is 2.34. The fourth-order valence-corrected chi connectivity index (χ4v) is 4.32. The predicted molar refractivity (Wildman–Crippen MR) is 91.2 cm³/mol. The molecule has 2 aromatic rings. The molecule has 114 valence electrons. The van der Waals surface area contributed by atoms with Crippen LogP contribution >= 0.6 is 0 Å². The lowest BCUT2D eigenvalue weighted by atomic mass is 10.1. The SMILES string of the molecule is Cc1ccc(/C=C/S(=O)(=O)N2c3ccccc3CC2C)cc1. The van der Waals surface area contributed by atoms with Gasteiger partial charge in [-0.2, -0.15) is 0 Å². The van der Waals surface area contributed by atoms with Crippen LogP contribution in [0.4, 0.5) is 5.69 Å². The molecule has 1 unspecified atom stereocenters. The Hall–Kier alpha value is -2.07. The molecule has 4 heteroatoms. The summed E-state index contributed by atoms with van der Waals surface area (Å²) >= 11 is 0. The molecule has 0 fully saturated rings. The highest BCUT2D eigenvalue weighted by atomic mass is 32.2. The van der Waals surface area contributed by atoms with E-state index < -0.39 is 10.0 Å². The zero-order valence-electron chi connectivity index (χ0n) is 12.7. The molecule has 0 saturated heterocycles. The number of sulfonamides is 1. The molecule has 1 aliphatic heterocycles. The van der Waals surface area contributed by atoms with Crippen LogP contribution < -0.4 is 4.31 Å². The van der Waals surface area contributed by atoms with Gasteiger partial charge in [0.05, 0.1) is 11.1 Å². The predicted octanol–water partition coefficient (Wildman–Crippen LogP) is 3.75. The summed E-state index contributed by atoms with van der Waals surface area (Å²) in [4.78, 5) is 0. The quantitative estimate of drug-likeness (QED) is 0.865. The largest absolute Gasteiger partial charge is 0.263 e. The Morgan fingerprint density at radius 2 is 1.77 bits per heavy atom. The molecule has 0 N–H and O–H groups in total. The normalized spacial score (nSPS) is 17.9. The van der Waals surface area contributed by atoms with Gasteiger partial charge in [0.2, 0.25) is 0 Å². The number of fused-ring (bicyclic) bond motifs is 1. The van der Waals surface area contributed by atoms with E-state index in [-0.39, 0.29) is 6.04 Å². The van der Waals surface area contributed by atoms with E-state index in [0.29, 0.717) is 0 Å². The van der Waals surface area contributed by atoms with E-state index in [1.165, 1.54) is 9.71 Å². The lowest BCUT2D eigenvalue weighted by Crippen LogP contribution is -2.34.